The summed E-state index contributed by atoms with van der Waals surface area (Å²) in [6.07, 6.45) is 4.77. The molecular weight excluding hydrogens is 273 g/mol. The van der Waals surface area contributed by atoms with Gasteiger partial charge in [-0.3, -0.25) is 0 Å². The molecule has 0 aliphatic carbocycles. The standard InChI is InChI=1S/C11H19BO2.C3H9N.2C2H6/c1-7-8-9(2)12-13-10(3,4)11(5,6)14-12;1-2-3-4;2*1-2/h7-8H,1H2,2-6H3;2-4H2,1H3;2*1-2H3/b9-8+;;;. The van der Waals surface area contributed by atoms with Gasteiger partial charge in [-0.2, -0.15) is 0 Å². The van der Waals surface area contributed by atoms with Crippen molar-refractivity contribution < 1.29 is 9.31 Å². The van der Waals surface area contributed by atoms with Gasteiger partial charge in [-0.15, -0.1) is 0 Å². The monoisotopic (exact) mass is 313 g/mol. The molecule has 0 radical (unpaired) electrons. The SMILES string of the molecule is C=C/C=C(\C)B1OC(C)(C)C(C)(C)O1.CC.CC.CCCN. The third-order valence-electron chi connectivity index (χ3n) is 3.29. The van der Waals surface area contributed by atoms with Crippen molar-refractivity contribution in [2.24, 2.45) is 5.73 Å². The molecule has 22 heavy (non-hydrogen) atoms. The molecule has 0 aromatic rings. The predicted octanol–water partition coefficient (Wildman–Crippen LogP) is 5.16. The van der Waals surface area contributed by atoms with Crippen molar-refractivity contribution in [3.63, 3.8) is 0 Å². The molecule has 0 aromatic carbocycles. The summed E-state index contributed by atoms with van der Waals surface area (Å²) in [5.74, 6) is 0. The van der Waals surface area contributed by atoms with Crippen molar-refractivity contribution in [1.29, 1.82) is 0 Å². The molecule has 1 heterocycles. The van der Waals surface area contributed by atoms with Crippen LogP contribution < -0.4 is 5.73 Å². The molecular formula is C18H40BNO2. The maximum absolute atomic E-state index is 5.84. The number of rotatable bonds is 3. The first-order valence-electron chi connectivity index (χ1n) is 8.56. The van der Waals surface area contributed by atoms with E-state index in [1.54, 1.807) is 6.08 Å². The first-order valence-corrected chi connectivity index (χ1v) is 8.56. The molecule has 1 rings (SSSR count). The molecule has 3 nitrogen and oxygen atoms in total. The van der Waals surface area contributed by atoms with Crippen LogP contribution >= 0.6 is 0 Å². The fraction of sp³-hybridized carbons (Fsp3) is 0.778. The lowest BCUT2D eigenvalue weighted by atomic mass is 9.79. The molecule has 1 aliphatic heterocycles. The fourth-order valence-corrected chi connectivity index (χ4v) is 1.29. The Morgan fingerprint density at radius 1 is 1.05 bits per heavy atom. The number of nitrogens with two attached hydrogens (primary N) is 1. The molecule has 1 fully saturated rings. The Morgan fingerprint density at radius 2 is 1.36 bits per heavy atom. The van der Waals surface area contributed by atoms with Gasteiger partial charge in [0.15, 0.2) is 0 Å². The molecule has 0 spiro atoms. The Morgan fingerprint density at radius 3 is 1.59 bits per heavy atom. The van der Waals surface area contributed by atoms with Gasteiger partial charge in [-0.05, 0) is 53.1 Å². The van der Waals surface area contributed by atoms with E-state index in [2.05, 4.69) is 13.5 Å². The van der Waals surface area contributed by atoms with E-state index < -0.39 is 0 Å². The van der Waals surface area contributed by atoms with E-state index in [0.717, 1.165) is 18.4 Å². The zero-order chi connectivity index (χ0) is 18.4. The Hall–Kier alpha value is -0.575. The van der Waals surface area contributed by atoms with E-state index in [9.17, 15) is 0 Å². The van der Waals surface area contributed by atoms with Crippen LogP contribution in [0, 0.1) is 0 Å². The molecule has 2 N–H and O–H groups in total. The summed E-state index contributed by atoms with van der Waals surface area (Å²) in [7, 11) is -0.238. The number of hydrogen-bond donors (Lipinski definition) is 1. The lowest BCUT2D eigenvalue weighted by Gasteiger charge is -2.32. The highest BCUT2D eigenvalue weighted by molar-refractivity contribution is 6.54. The molecule has 0 bridgehead atoms. The highest BCUT2D eigenvalue weighted by Gasteiger charge is 2.51. The van der Waals surface area contributed by atoms with Crippen LogP contribution in [0.2, 0.25) is 0 Å². The zero-order valence-corrected chi connectivity index (χ0v) is 16.7. The van der Waals surface area contributed by atoms with Crippen molar-refractivity contribution in [1.82, 2.24) is 0 Å². The first-order chi connectivity index (χ1) is 10.2. The summed E-state index contributed by atoms with van der Waals surface area (Å²) < 4.78 is 11.7. The second-order valence-corrected chi connectivity index (χ2v) is 5.52. The van der Waals surface area contributed by atoms with Gasteiger partial charge in [0.05, 0.1) is 11.2 Å². The molecule has 132 valence electrons. The van der Waals surface area contributed by atoms with Crippen LogP contribution in [-0.2, 0) is 9.31 Å². The van der Waals surface area contributed by atoms with Gasteiger partial charge in [0.25, 0.3) is 0 Å². The zero-order valence-electron chi connectivity index (χ0n) is 16.7. The normalized spacial score (nSPS) is 18.0. The summed E-state index contributed by atoms with van der Waals surface area (Å²) in [6.45, 7) is 24.7. The topological polar surface area (TPSA) is 44.5 Å². The Bertz CT molecular complexity index is 281. The molecule has 1 saturated heterocycles. The van der Waals surface area contributed by atoms with Crippen molar-refractivity contribution in [2.75, 3.05) is 6.54 Å². The average molecular weight is 313 g/mol. The summed E-state index contributed by atoms with van der Waals surface area (Å²) in [6, 6.07) is 0. The highest BCUT2D eigenvalue weighted by atomic mass is 16.7. The van der Waals surface area contributed by atoms with Gasteiger partial charge in [0.2, 0.25) is 0 Å². The highest BCUT2D eigenvalue weighted by Crippen LogP contribution is 2.38. The molecule has 4 heteroatoms. The molecule has 1 aliphatic rings. The molecule has 0 atom stereocenters. The van der Waals surface area contributed by atoms with E-state index in [0.29, 0.717) is 0 Å². The third kappa shape index (κ3) is 9.44. The average Bonchev–Trinajstić information content (AvgIpc) is 2.72. The van der Waals surface area contributed by atoms with Gasteiger partial charge < -0.3 is 15.0 Å². The van der Waals surface area contributed by atoms with Crippen molar-refractivity contribution in [2.45, 2.75) is 86.9 Å². The van der Waals surface area contributed by atoms with Crippen LogP contribution in [0.4, 0.5) is 0 Å². The largest absolute Gasteiger partial charge is 0.490 e. The molecule has 0 amide bonds. The molecule has 0 aromatic heterocycles. The van der Waals surface area contributed by atoms with E-state index in [1.807, 2.05) is 68.4 Å². The van der Waals surface area contributed by atoms with E-state index >= 15 is 0 Å². The summed E-state index contributed by atoms with van der Waals surface area (Å²) in [5.41, 5.74) is 5.57. The third-order valence-corrected chi connectivity index (χ3v) is 3.29. The lowest BCUT2D eigenvalue weighted by molar-refractivity contribution is 0.00578. The van der Waals surface area contributed by atoms with Gasteiger partial charge >= 0.3 is 7.12 Å². The van der Waals surface area contributed by atoms with Crippen LogP contribution in [0.1, 0.15) is 75.7 Å². The summed E-state index contributed by atoms with van der Waals surface area (Å²) in [5, 5.41) is 0. The second-order valence-electron chi connectivity index (χ2n) is 5.52. The molecule has 0 unspecified atom stereocenters. The minimum absolute atomic E-state index is 0.238. The Kier molecular flexibility index (Phi) is 16.8. The van der Waals surface area contributed by atoms with Crippen LogP contribution in [0.3, 0.4) is 0 Å². The van der Waals surface area contributed by atoms with E-state index in [-0.39, 0.29) is 18.3 Å². The van der Waals surface area contributed by atoms with Crippen molar-refractivity contribution >= 4 is 7.12 Å². The van der Waals surface area contributed by atoms with Gasteiger partial charge in [0.1, 0.15) is 0 Å². The van der Waals surface area contributed by atoms with Crippen LogP contribution in [-0.4, -0.2) is 24.9 Å². The van der Waals surface area contributed by atoms with Gasteiger partial charge in [-0.1, -0.05) is 53.3 Å². The van der Waals surface area contributed by atoms with E-state index in [4.69, 9.17) is 15.0 Å². The fourth-order valence-electron chi connectivity index (χ4n) is 1.29. The Balaban J connectivity index is -0.000000383. The van der Waals surface area contributed by atoms with Crippen molar-refractivity contribution in [3.8, 4) is 0 Å². The number of hydrogen-bond acceptors (Lipinski definition) is 3. The predicted molar refractivity (Wildman–Crippen MR) is 102 cm³/mol. The number of allylic oxidation sites excluding steroid dienone is 3. The van der Waals surface area contributed by atoms with Gasteiger partial charge in [0, 0.05) is 0 Å². The van der Waals surface area contributed by atoms with E-state index in [1.165, 1.54) is 0 Å². The quantitative estimate of drug-likeness (QED) is 0.578. The van der Waals surface area contributed by atoms with Gasteiger partial charge in [-0.25, -0.2) is 0 Å². The smallest absolute Gasteiger partial charge is 0.400 e. The minimum Gasteiger partial charge on any atom is -0.400 e. The Labute approximate surface area is 140 Å². The minimum atomic E-state index is -0.256. The maximum Gasteiger partial charge on any atom is 0.490 e. The second kappa shape index (κ2) is 14.0. The first kappa shape index (κ1) is 26.3. The molecule has 0 saturated carbocycles. The van der Waals surface area contributed by atoms with Crippen LogP contribution in [0.15, 0.2) is 24.2 Å². The summed E-state index contributed by atoms with van der Waals surface area (Å²) >= 11 is 0. The lowest BCUT2D eigenvalue weighted by Crippen LogP contribution is -2.41. The maximum atomic E-state index is 5.84. The van der Waals surface area contributed by atoms with Crippen LogP contribution in [0.25, 0.3) is 0 Å². The van der Waals surface area contributed by atoms with Crippen molar-refractivity contribution in [3.05, 3.63) is 24.2 Å². The summed E-state index contributed by atoms with van der Waals surface area (Å²) in [4.78, 5) is 0. The van der Waals surface area contributed by atoms with Crippen LogP contribution in [0.5, 0.6) is 0 Å².